The number of rotatable bonds is 4. The Labute approximate surface area is 316 Å². The minimum atomic E-state index is -2.32. The maximum absolute atomic E-state index is 8.77. The first kappa shape index (κ1) is 30.6. The molecule has 2 aliphatic heterocycles. The predicted molar refractivity (Wildman–Crippen MR) is 226 cm³/mol. The molecule has 0 saturated heterocycles. The van der Waals surface area contributed by atoms with Gasteiger partial charge in [-0.05, 0) is 117 Å². The molecular formula is C49H51BN2. The lowest BCUT2D eigenvalue weighted by Crippen LogP contribution is -2.61. The molecule has 2 aliphatic rings. The van der Waals surface area contributed by atoms with E-state index in [4.69, 9.17) is 4.11 Å². The highest BCUT2D eigenvalue weighted by Crippen LogP contribution is 2.46. The van der Waals surface area contributed by atoms with Gasteiger partial charge < -0.3 is 9.80 Å². The maximum Gasteiger partial charge on any atom is 0.252 e. The molecule has 0 bridgehead atoms. The topological polar surface area (TPSA) is 6.48 Å². The second-order valence-corrected chi connectivity index (χ2v) is 17.4. The van der Waals surface area contributed by atoms with Crippen molar-refractivity contribution in [2.24, 2.45) is 0 Å². The van der Waals surface area contributed by atoms with Gasteiger partial charge >= 0.3 is 0 Å². The van der Waals surface area contributed by atoms with Crippen molar-refractivity contribution in [1.82, 2.24) is 0 Å². The number of aryl methyl sites for hydroxylation is 2. The average Bonchev–Trinajstić information content (AvgIpc) is 3.14. The Bertz CT molecular complexity index is 2430. The van der Waals surface area contributed by atoms with Crippen LogP contribution in [-0.2, 0) is 16.2 Å². The Hall–Kier alpha value is -5.02. The number of para-hydroxylation sites is 1. The first-order chi connectivity index (χ1) is 25.9. The average molecular weight is 682 g/mol. The molecule has 0 N–H and O–H groups in total. The van der Waals surface area contributed by atoms with Gasteiger partial charge in [0.1, 0.15) is 0 Å². The molecule has 0 saturated carbocycles. The van der Waals surface area contributed by atoms with Crippen LogP contribution in [0.15, 0.2) is 127 Å². The molecule has 0 atom stereocenters. The summed E-state index contributed by atoms with van der Waals surface area (Å²) >= 11 is 0. The van der Waals surface area contributed by atoms with Gasteiger partial charge in [-0.25, -0.2) is 0 Å². The number of nitrogens with zero attached hydrogens (tertiary/aromatic N) is 2. The molecule has 0 fully saturated rings. The Morgan fingerprint density at radius 2 is 1.02 bits per heavy atom. The monoisotopic (exact) mass is 681 g/mol. The van der Waals surface area contributed by atoms with Gasteiger partial charge in [-0.15, -0.1) is 0 Å². The van der Waals surface area contributed by atoms with Gasteiger partial charge in [0.2, 0.25) is 0 Å². The van der Waals surface area contributed by atoms with Crippen LogP contribution in [0.2, 0.25) is 0 Å². The first-order valence-corrected chi connectivity index (χ1v) is 18.6. The first-order valence-electron chi connectivity index (χ1n) is 20.1. The standard InChI is InChI=1S/C49H51BN2/c1-32-28-44-46-45(29-32)52(41-19-15-14-16-33(41)2)43-27-23-37(49(9,10)35-17-12-11-13-18-35)31-40(43)50(46)39-30-36(48(6,7)8)22-26-42(39)51(44)38-24-20-34(21-25-38)47(3,4)5/h11-31H,1-10H3/i1D3. The minimum absolute atomic E-state index is 0.00558. The number of benzene rings is 6. The third kappa shape index (κ3) is 5.48. The molecule has 0 aromatic heterocycles. The summed E-state index contributed by atoms with van der Waals surface area (Å²) in [7, 11) is 0. The van der Waals surface area contributed by atoms with Crippen molar-refractivity contribution in [2.75, 3.05) is 9.80 Å². The van der Waals surface area contributed by atoms with Gasteiger partial charge in [0.05, 0.1) is 0 Å². The fourth-order valence-corrected chi connectivity index (χ4v) is 8.34. The van der Waals surface area contributed by atoms with Crippen molar-refractivity contribution in [3.05, 3.63) is 161 Å². The van der Waals surface area contributed by atoms with Crippen molar-refractivity contribution in [2.45, 2.75) is 85.4 Å². The molecule has 0 unspecified atom stereocenters. The fourth-order valence-electron chi connectivity index (χ4n) is 8.34. The van der Waals surface area contributed by atoms with Crippen LogP contribution < -0.4 is 26.2 Å². The zero-order valence-corrected chi connectivity index (χ0v) is 32.1. The normalized spacial score (nSPS) is 14.9. The predicted octanol–water partition coefficient (Wildman–Crippen LogP) is 11.3. The molecule has 2 nitrogen and oxygen atoms in total. The van der Waals surface area contributed by atoms with Crippen LogP contribution in [0.1, 0.15) is 92.9 Å². The van der Waals surface area contributed by atoms with E-state index in [0.717, 1.165) is 45.2 Å². The number of hydrogen-bond donors (Lipinski definition) is 0. The maximum atomic E-state index is 8.77. The van der Waals surface area contributed by atoms with E-state index in [9.17, 15) is 0 Å². The van der Waals surface area contributed by atoms with Crippen LogP contribution in [0, 0.1) is 13.8 Å². The van der Waals surface area contributed by atoms with E-state index >= 15 is 0 Å². The summed E-state index contributed by atoms with van der Waals surface area (Å²) in [6, 6.07) is 45.9. The summed E-state index contributed by atoms with van der Waals surface area (Å²) in [6.07, 6.45) is 0. The lowest BCUT2D eigenvalue weighted by atomic mass is 9.33. The largest absolute Gasteiger partial charge is 0.311 e. The number of hydrogen-bond acceptors (Lipinski definition) is 2. The van der Waals surface area contributed by atoms with E-state index in [1.807, 2.05) is 12.1 Å². The van der Waals surface area contributed by atoms with Crippen LogP contribution in [0.5, 0.6) is 0 Å². The summed E-state index contributed by atoms with van der Waals surface area (Å²) in [5.41, 5.74) is 15.7. The van der Waals surface area contributed by atoms with Crippen molar-refractivity contribution >= 4 is 57.2 Å². The zero-order valence-electron chi connectivity index (χ0n) is 35.1. The third-order valence-corrected chi connectivity index (χ3v) is 11.5. The lowest BCUT2D eigenvalue weighted by molar-refractivity contribution is 0.590. The number of anilines is 6. The van der Waals surface area contributed by atoms with E-state index in [2.05, 4.69) is 187 Å². The Kier molecular flexibility index (Phi) is 7.07. The molecule has 0 amide bonds. The zero-order chi connectivity index (χ0) is 39.2. The van der Waals surface area contributed by atoms with E-state index in [1.165, 1.54) is 33.2 Å². The van der Waals surface area contributed by atoms with Crippen molar-refractivity contribution < 1.29 is 4.11 Å². The molecule has 6 aromatic carbocycles. The van der Waals surface area contributed by atoms with Crippen molar-refractivity contribution in [3.8, 4) is 0 Å². The highest BCUT2D eigenvalue weighted by Gasteiger charge is 2.44. The lowest BCUT2D eigenvalue weighted by Gasteiger charge is -2.45. The molecule has 0 aliphatic carbocycles. The highest BCUT2D eigenvalue weighted by atomic mass is 15.2. The molecule has 0 spiro atoms. The van der Waals surface area contributed by atoms with E-state index < -0.39 is 6.85 Å². The van der Waals surface area contributed by atoms with Crippen molar-refractivity contribution in [3.63, 3.8) is 0 Å². The Morgan fingerprint density at radius 3 is 1.63 bits per heavy atom. The molecule has 260 valence electrons. The second-order valence-electron chi connectivity index (χ2n) is 17.4. The van der Waals surface area contributed by atoms with Gasteiger partial charge in [-0.3, -0.25) is 0 Å². The quantitative estimate of drug-likeness (QED) is 0.171. The van der Waals surface area contributed by atoms with E-state index in [1.54, 1.807) is 0 Å². The molecule has 52 heavy (non-hydrogen) atoms. The van der Waals surface area contributed by atoms with Gasteiger partial charge in [0, 0.05) is 43.7 Å². The Morgan fingerprint density at radius 1 is 0.481 bits per heavy atom. The summed E-state index contributed by atoms with van der Waals surface area (Å²) < 4.78 is 26.3. The van der Waals surface area contributed by atoms with E-state index in [-0.39, 0.29) is 23.0 Å². The molecule has 8 rings (SSSR count). The molecule has 2 heterocycles. The van der Waals surface area contributed by atoms with Gasteiger partial charge in [-0.2, -0.15) is 0 Å². The summed E-state index contributed by atoms with van der Waals surface area (Å²) in [6.45, 7) is 17.8. The summed E-state index contributed by atoms with van der Waals surface area (Å²) in [4.78, 5) is 4.64. The highest BCUT2D eigenvalue weighted by molar-refractivity contribution is 7.00. The second kappa shape index (κ2) is 12.0. The summed E-state index contributed by atoms with van der Waals surface area (Å²) in [5.74, 6) is 0. The van der Waals surface area contributed by atoms with Crippen LogP contribution >= 0.6 is 0 Å². The molecule has 6 aromatic rings. The number of fused-ring (bicyclic) bond motifs is 4. The van der Waals surface area contributed by atoms with Gasteiger partial charge in [0.25, 0.3) is 6.71 Å². The van der Waals surface area contributed by atoms with Crippen LogP contribution in [-0.4, -0.2) is 6.71 Å². The fraction of sp³-hybridized carbons (Fsp3) is 0.265. The third-order valence-electron chi connectivity index (χ3n) is 11.5. The molecular weight excluding hydrogens is 627 g/mol. The van der Waals surface area contributed by atoms with Crippen LogP contribution in [0.3, 0.4) is 0 Å². The minimum Gasteiger partial charge on any atom is -0.311 e. The smallest absolute Gasteiger partial charge is 0.252 e. The van der Waals surface area contributed by atoms with Crippen LogP contribution in [0.4, 0.5) is 34.1 Å². The van der Waals surface area contributed by atoms with Gasteiger partial charge in [0.15, 0.2) is 0 Å². The molecule has 3 heteroatoms. The molecule has 0 radical (unpaired) electrons. The van der Waals surface area contributed by atoms with Crippen LogP contribution in [0.25, 0.3) is 0 Å². The van der Waals surface area contributed by atoms with Crippen molar-refractivity contribution in [1.29, 1.82) is 0 Å². The van der Waals surface area contributed by atoms with E-state index in [0.29, 0.717) is 5.56 Å². The summed E-state index contributed by atoms with van der Waals surface area (Å²) in [5, 5.41) is 0. The van der Waals surface area contributed by atoms with Gasteiger partial charge in [-0.1, -0.05) is 140 Å². The SMILES string of the molecule is [2H]C([2H])([2H])c1cc2c3c(c1)N(c1ccccc1C)c1ccc(C(C)(C)c4ccccc4)cc1B3c1cc(C(C)(C)C)ccc1N2c1ccc(C(C)(C)C)cc1. The Balaban J connectivity index is 1.50.